The molecule has 0 saturated heterocycles. The van der Waals surface area contributed by atoms with Gasteiger partial charge in [0, 0.05) is 13.6 Å². The van der Waals surface area contributed by atoms with E-state index in [0.717, 1.165) is 11.8 Å². The van der Waals surface area contributed by atoms with Crippen molar-refractivity contribution in [1.29, 1.82) is 0 Å². The van der Waals surface area contributed by atoms with Gasteiger partial charge >= 0.3 is 0 Å². The molecule has 0 radical (unpaired) electrons. The molecule has 4 rings (SSSR count). The lowest BCUT2D eigenvalue weighted by Crippen LogP contribution is -2.58. The normalized spacial score (nSPS) is 45.2. The molecule has 4 aliphatic carbocycles. The molecule has 1 unspecified atom stereocenters. The summed E-state index contributed by atoms with van der Waals surface area (Å²) in [6, 6.07) is 0. The van der Waals surface area contributed by atoms with Gasteiger partial charge in [0.1, 0.15) is 0 Å². The van der Waals surface area contributed by atoms with Gasteiger partial charge in [-0.2, -0.15) is 0 Å². The first-order valence-electron chi connectivity index (χ1n) is 7.33. The van der Waals surface area contributed by atoms with Crippen LogP contribution in [0.4, 0.5) is 0 Å². The van der Waals surface area contributed by atoms with Crippen LogP contribution in [0.5, 0.6) is 0 Å². The smallest absolute Gasteiger partial charge is 0.0998 e. The Morgan fingerprint density at radius 1 is 1.22 bits per heavy atom. The number of hydrogen-bond acceptors (Lipinski definition) is 3. The molecule has 0 aromatic rings. The molecule has 4 saturated carbocycles. The topological polar surface area (TPSA) is 49.5 Å². The third kappa shape index (κ3) is 1.93. The van der Waals surface area contributed by atoms with Crippen molar-refractivity contribution in [2.24, 2.45) is 35.4 Å². The summed E-state index contributed by atoms with van der Waals surface area (Å²) in [6.07, 6.45) is 8.49. The highest BCUT2D eigenvalue weighted by Gasteiger charge is 2.54. The Kier molecular flexibility index (Phi) is 3.04. The molecule has 0 amide bonds. The standard InChI is InChI=1S/C15H26N2O/c1-3-15(18,9-17(2)16)14-12-5-10-4-11(7-12)8-13(14)6-10/h3,10-14,18H,1,4-9,16H2,2H3. The van der Waals surface area contributed by atoms with Crippen molar-refractivity contribution in [3.63, 3.8) is 0 Å². The lowest BCUT2D eigenvalue weighted by atomic mass is 9.49. The maximum atomic E-state index is 11.0. The van der Waals surface area contributed by atoms with E-state index in [4.69, 9.17) is 5.84 Å². The van der Waals surface area contributed by atoms with Crippen molar-refractivity contribution in [1.82, 2.24) is 5.01 Å². The number of hydrazine groups is 1. The Balaban J connectivity index is 1.84. The van der Waals surface area contributed by atoms with Crippen LogP contribution in [0.1, 0.15) is 32.1 Å². The summed E-state index contributed by atoms with van der Waals surface area (Å²) >= 11 is 0. The number of likely N-dealkylation sites (N-methyl/N-ethyl adjacent to an activating group) is 1. The monoisotopic (exact) mass is 250 g/mol. The lowest BCUT2D eigenvalue weighted by molar-refractivity contribution is -0.128. The zero-order valence-electron chi connectivity index (χ0n) is 11.4. The zero-order valence-corrected chi connectivity index (χ0v) is 11.4. The Labute approximate surface area is 110 Å². The van der Waals surface area contributed by atoms with E-state index in [1.807, 2.05) is 7.05 Å². The summed E-state index contributed by atoms with van der Waals surface area (Å²) < 4.78 is 0. The second-order valence-electron chi connectivity index (χ2n) is 7.07. The number of hydrogen-bond donors (Lipinski definition) is 2. The fraction of sp³-hybridized carbons (Fsp3) is 0.867. The van der Waals surface area contributed by atoms with Crippen molar-refractivity contribution in [3.8, 4) is 0 Å². The summed E-state index contributed by atoms with van der Waals surface area (Å²) in [5, 5.41) is 12.6. The van der Waals surface area contributed by atoms with Crippen molar-refractivity contribution >= 4 is 0 Å². The molecule has 4 bridgehead atoms. The molecular formula is C15H26N2O. The van der Waals surface area contributed by atoms with E-state index >= 15 is 0 Å². The number of aliphatic hydroxyl groups is 1. The molecule has 4 aliphatic rings. The summed E-state index contributed by atoms with van der Waals surface area (Å²) in [5.41, 5.74) is -0.799. The average Bonchev–Trinajstić information content (AvgIpc) is 2.26. The largest absolute Gasteiger partial charge is 0.384 e. The predicted molar refractivity (Wildman–Crippen MR) is 72.5 cm³/mol. The van der Waals surface area contributed by atoms with Gasteiger partial charge in [-0.1, -0.05) is 6.08 Å². The molecular weight excluding hydrogens is 224 g/mol. The van der Waals surface area contributed by atoms with Crippen molar-refractivity contribution < 1.29 is 5.11 Å². The Bertz CT molecular complexity index is 313. The maximum Gasteiger partial charge on any atom is 0.0998 e. The zero-order chi connectivity index (χ0) is 12.9. The third-order valence-corrected chi connectivity index (χ3v) is 5.66. The van der Waals surface area contributed by atoms with Crippen LogP contribution in [0, 0.1) is 29.6 Å². The van der Waals surface area contributed by atoms with E-state index in [1.54, 1.807) is 11.1 Å². The van der Waals surface area contributed by atoms with Crippen molar-refractivity contribution in [2.75, 3.05) is 13.6 Å². The van der Waals surface area contributed by atoms with Crippen LogP contribution in [-0.4, -0.2) is 29.3 Å². The van der Waals surface area contributed by atoms with Crippen LogP contribution in [0.3, 0.4) is 0 Å². The molecule has 4 fully saturated rings. The Morgan fingerprint density at radius 3 is 2.11 bits per heavy atom. The highest BCUT2D eigenvalue weighted by molar-refractivity contribution is 5.11. The first-order valence-corrected chi connectivity index (χ1v) is 7.33. The molecule has 3 heteroatoms. The third-order valence-electron chi connectivity index (χ3n) is 5.66. The second-order valence-corrected chi connectivity index (χ2v) is 7.07. The minimum atomic E-state index is -0.799. The van der Waals surface area contributed by atoms with Gasteiger partial charge in [-0.05, 0) is 61.7 Å². The minimum absolute atomic E-state index is 0.383. The predicted octanol–water partition coefficient (Wildman–Crippen LogP) is 1.78. The van der Waals surface area contributed by atoms with Crippen molar-refractivity contribution in [3.05, 3.63) is 12.7 Å². The minimum Gasteiger partial charge on any atom is -0.384 e. The average molecular weight is 250 g/mol. The molecule has 0 aromatic heterocycles. The first kappa shape index (κ1) is 12.6. The number of nitrogens with zero attached hydrogens (tertiary/aromatic N) is 1. The van der Waals surface area contributed by atoms with Gasteiger partial charge in [0.05, 0.1) is 5.60 Å². The van der Waals surface area contributed by atoms with E-state index in [1.165, 1.54) is 32.1 Å². The van der Waals surface area contributed by atoms with Gasteiger partial charge in [0.25, 0.3) is 0 Å². The second kappa shape index (κ2) is 4.32. The van der Waals surface area contributed by atoms with Gasteiger partial charge in [-0.25, -0.2) is 5.01 Å². The van der Waals surface area contributed by atoms with Crippen LogP contribution >= 0.6 is 0 Å². The summed E-state index contributed by atoms with van der Waals surface area (Å²) in [5.74, 6) is 9.43. The number of rotatable bonds is 4. The van der Waals surface area contributed by atoms with Crippen LogP contribution in [0.25, 0.3) is 0 Å². The Hall–Kier alpha value is -0.380. The van der Waals surface area contributed by atoms with Gasteiger partial charge < -0.3 is 5.11 Å². The van der Waals surface area contributed by atoms with Gasteiger partial charge in [0.2, 0.25) is 0 Å². The van der Waals surface area contributed by atoms with E-state index in [0.29, 0.717) is 24.3 Å². The SMILES string of the molecule is C=CC(O)(CN(C)N)C1C2CC3CC(C2)CC1C3. The quantitative estimate of drug-likeness (QED) is 0.454. The molecule has 3 nitrogen and oxygen atoms in total. The first-order chi connectivity index (χ1) is 8.51. The van der Waals surface area contributed by atoms with Crippen LogP contribution in [0.15, 0.2) is 12.7 Å². The molecule has 0 aliphatic heterocycles. The highest BCUT2D eigenvalue weighted by Crippen LogP contribution is 2.59. The highest BCUT2D eigenvalue weighted by atomic mass is 16.3. The van der Waals surface area contributed by atoms with Crippen LogP contribution < -0.4 is 5.84 Å². The molecule has 3 N–H and O–H groups in total. The van der Waals surface area contributed by atoms with Crippen LogP contribution in [-0.2, 0) is 0 Å². The van der Waals surface area contributed by atoms with E-state index < -0.39 is 5.60 Å². The van der Waals surface area contributed by atoms with Crippen molar-refractivity contribution in [2.45, 2.75) is 37.7 Å². The summed E-state index contributed by atoms with van der Waals surface area (Å²) in [6.45, 7) is 4.39. The van der Waals surface area contributed by atoms with Gasteiger partial charge in [-0.15, -0.1) is 6.58 Å². The molecule has 0 heterocycles. The van der Waals surface area contributed by atoms with Crippen LogP contribution in [0.2, 0.25) is 0 Å². The lowest BCUT2D eigenvalue weighted by Gasteiger charge is -2.58. The molecule has 0 aromatic carbocycles. The molecule has 102 valence electrons. The molecule has 1 atom stereocenters. The Morgan fingerprint density at radius 2 is 1.72 bits per heavy atom. The summed E-state index contributed by atoms with van der Waals surface area (Å²) in [4.78, 5) is 0. The molecule has 18 heavy (non-hydrogen) atoms. The van der Waals surface area contributed by atoms with Gasteiger partial charge in [-0.3, -0.25) is 5.84 Å². The van der Waals surface area contributed by atoms with Gasteiger partial charge in [0.15, 0.2) is 0 Å². The molecule has 0 spiro atoms. The summed E-state index contributed by atoms with van der Waals surface area (Å²) in [7, 11) is 1.82. The maximum absolute atomic E-state index is 11.0. The fourth-order valence-electron chi connectivity index (χ4n) is 5.45. The van der Waals surface area contributed by atoms with E-state index in [-0.39, 0.29) is 0 Å². The number of nitrogens with two attached hydrogens (primary N) is 1. The van der Waals surface area contributed by atoms with E-state index in [9.17, 15) is 5.11 Å². The fourth-order valence-corrected chi connectivity index (χ4v) is 5.45. The van der Waals surface area contributed by atoms with E-state index in [2.05, 4.69) is 6.58 Å².